The lowest BCUT2D eigenvalue weighted by Gasteiger charge is -2.34. The molecule has 2 N–H and O–H groups in total. The van der Waals surface area contributed by atoms with E-state index in [0.29, 0.717) is 18.0 Å². The van der Waals surface area contributed by atoms with E-state index in [1.165, 1.54) is 32.5 Å². The van der Waals surface area contributed by atoms with Gasteiger partial charge in [0.1, 0.15) is 0 Å². The minimum atomic E-state index is 0.289. The minimum Gasteiger partial charge on any atom is -0.396 e. The molecular formula is C12H24N2O. The topological polar surface area (TPSA) is 35.5 Å². The lowest BCUT2D eigenvalue weighted by molar-refractivity contribution is 0.169. The van der Waals surface area contributed by atoms with Gasteiger partial charge in [-0.15, -0.1) is 0 Å². The van der Waals surface area contributed by atoms with Gasteiger partial charge in [0.15, 0.2) is 0 Å². The molecule has 3 nitrogen and oxygen atoms in total. The fraction of sp³-hybridized carbons (Fsp3) is 1.00. The maximum Gasteiger partial charge on any atom is 0.0471 e. The molecule has 88 valence electrons. The Hall–Kier alpha value is -0.120. The van der Waals surface area contributed by atoms with Crippen molar-refractivity contribution in [2.75, 3.05) is 26.2 Å². The SMILES string of the molecule is CC(CO)C(C)NC1CCN2CCC1C2. The van der Waals surface area contributed by atoms with Crippen molar-refractivity contribution in [2.45, 2.75) is 38.8 Å². The van der Waals surface area contributed by atoms with Crippen LogP contribution in [0.1, 0.15) is 26.7 Å². The number of aliphatic hydroxyl groups is 1. The third-order valence-corrected chi connectivity index (χ3v) is 4.25. The van der Waals surface area contributed by atoms with Crippen molar-refractivity contribution in [1.29, 1.82) is 0 Å². The van der Waals surface area contributed by atoms with Gasteiger partial charge in [-0.2, -0.15) is 0 Å². The predicted molar refractivity (Wildman–Crippen MR) is 61.8 cm³/mol. The molecule has 5 unspecified atom stereocenters. The van der Waals surface area contributed by atoms with E-state index in [0.717, 1.165) is 5.92 Å². The average molecular weight is 212 g/mol. The monoisotopic (exact) mass is 212 g/mol. The highest BCUT2D eigenvalue weighted by atomic mass is 16.3. The first-order valence-electron chi connectivity index (χ1n) is 6.30. The summed E-state index contributed by atoms with van der Waals surface area (Å²) in [5.41, 5.74) is 0. The molecule has 0 radical (unpaired) electrons. The van der Waals surface area contributed by atoms with Crippen LogP contribution in [-0.4, -0.2) is 48.3 Å². The molecule has 2 saturated heterocycles. The third-order valence-electron chi connectivity index (χ3n) is 4.25. The highest BCUT2D eigenvalue weighted by Crippen LogP contribution is 2.27. The zero-order valence-corrected chi connectivity index (χ0v) is 9.95. The fourth-order valence-corrected chi connectivity index (χ4v) is 2.83. The molecule has 2 heterocycles. The highest BCUT2D eigenvalue weighted by Gasteiger charge is 2.34. The standard InChI is InChI=1S/C12H24N2O/c1-9(8-15)10(2)13-12-4-6-14-5-3-11(12)7-14/h9-13,15H,3-8H2,1-2H3. The smallest absolute Gasteiger partial charge is 0.0471 e. The van der Waals surface area contributed by atoms with E-state index in [-0.39, 0.29) is 6.61 Å². The van der Waals surface area contributed by atoms with Crippen molar-refractivity contribution in [3.63, 3.8) is 0 Å². The van der Waals surface area contributed by atoms with Crippen LogP contribution in [0.5, 0.6) is 0 Å². The highest BCUT2D eigenvalue weighted by molar-refractivity contribution is 4.92. The van der Waals surface area contributed by atoms with Crippen molar-refractivity contribution >= 4 is 0 Å². The molecule has 2 aliphatic rings. The Morgan fingerprint density at radius 3 is 2.80 bits per heavy atom. The van der Waals surface area contributed by atoms with Crippen molar-refractivity contribution in [3.8, 4) is 0 Å². The van der Waals surface area contributed by atoms with E-state index < -0.39 is 0 Å². The average Bonchev–Trinajstić information content (AvgIpc) is 2.64. The molecule has 15 heavy (non-hydrogen) atoms. The summed E-state index contributed by atoms with van der Waals surface area (Å²) in [4.78, 5) is 2.57. The molecule has 0 saturated carbocycles. The lowest BCUT2D eigenvalue weighted by atomic mass is 9.92. The number of nitrogens with zero attached hydrogens (tertiary/aromatic N) is 1. The summed E-state index contributed by atoms with van der Waals surface area (Å²) in [6.45, 7) is 8.44. The Balaban J connectivity index is 1.83. The molecular weight excluding hydrogens is 188 g/mol. The van der Waals surface area contributed by atoms with Gasteiger partial charge in [0, 0.05) is 25.2 Å². The third kappa shape index (κ3) is 2.52. The summed E-state index contributed by atoms with van der Waals surface area (Å²) >= 11 is 0. The van der Waals surface area contributed by atoms with Gasteiger partial charge < -0.3 is 15.3 Å². The number of rotatable bonds is 4. The maximum absolute atomic E-state index is 9.12. The second kappa shape index (κ2) is 4.81. The summed E-state index contributed by atoms with van der Waals surface area (Å²) in [6.07, 6.45) is 2.64. The Morgan fingerprint density at radius 2 is 2.07 bits per heavy atom. The summed E-state index contributed by atoms with van der Waals surface area (Å²) in [6, 6.07) is 1.12. The first-order chi connectivity index (χ1) is 7.20. The summed E-state index contributed by atoms with van der Waals surface area (Å²) in [5, 5.41) is 12.8. The molecule has 2 rings (SSSR count). The van der Waals surface area contributed by atoms with E-state index in [1.807, 2.05) is 0 Å². The van der Waals surface area contributed by atoms with Gasteiger partial charge in [0.25, 0.3) is 0 Å². The van der Waals surface area contributed by atoms with Crippen LogP contribution in [0.4, 0.5) is 0 Å². The fourth-order valence-electron chi connectivity index (χ4n) is 2.83. The van der Waals surface area contributed by atoms with Gasteiger partial charge in [-0.1, -0.05) is 6.92 Å². The molecule has 2 fully saturated rings. The minimum absolute atomic E-state index is 0.289. The number of aliphatic hydroxyl groups excluding tert-OH is 1. The Morgan fingerprint density at radius 1 is 1.33 bits per heavy atom. The number of hydrogen-bond acceptors (Lipinski definition) is 3. The van der Waals surface area contributed by atoms with Gasteiger partial charge in [-0.3, -0.25) is 0 Å². The second-order valence-electron chi connectivity index (χ2n) is 5.36. The Bertz CT molecular complexity index is 210. The molecule has 0 aromatic heterocycles. The molecule has 0 aromatic rings. The molecule has 5 atom stereocenters. The van der Waals surface area contributed by atoms with Crippen molar-refractivity contribution in [3.05, 3.63) is 0 Å². The lowest BCUT2D eigenvalue weighted by Crippen LogP contribution is -2.49. The van der Waals surface area contributed by atoms with E-state index in [2.05, 4.69) is 24.1 Å². The van der Waals surface area contributed by atoms with E-state index in [4.69, 9.17) is 5.11 Å². The number of piperidine rings is 1. The quantitative estimate of drug-likeness (QED) is 0.719. The Kier molecular flexibility index (Phi) is 3.65. The first-order valence-corrected chi connectivity index (χ1v) is 6.30. The van der Waals surface area contributed by atoms with E-state index in [9.17, 15) is 0 Å². The van der Waals surface area contributed by atoms with Crippen LogP contribution in [0.2, 0.25) is 0 Å². The van der Waals surface area contributed by atoms with Crippen LogP contribution in [0.25, 0.3) is 0 Å². The summed E-state index contributed by atoms with van der Waals surface area (Å²) in [5.74, 6) is 1.22. The zero-order valence-electron chi connectivity index (χ0n) is 9.95. The largest absolute Gasteiger partial charge is 0.396 e. The van der Waals surface area contributed by atoms with E-state index in [1.54, 1.807) is 0 Å². The summed E-state index contributed by atoms with van der Waals surface area (Å²) in [7, 11) is 0. The van der Waals surface area contributed by atoms with Gasteiger partial charge in [0.2, 0.25) is 0 Å². The van der Waals surface area contributed by atoms with E-state index >= 15 is 0 Å². The molecule has 0 aromatic carbocycles. The van der Waals surface area contributed by atoms with Gasteiger partial charge >= 0.3 is 0 Å². The van der Waals surface area contributed by atoms with Crippen LogP contribution in [0, 0.1) is 11.8 Å². The number of hydrogen-bond donors (Lipinski definition) is 2. The van der Waals surface area contributed by atoms with Crippen LogP contribution in [0.3, 0.4) is 0 Å². The first kappa shape index (κ1) is 11.4. The van der Waals surface area contributed by atoms with Crippen LogP contribution >= 0.6 is 0 Å². The molecule has 0 amide bonds. The second-order valence-corrected chi connectivity index (χ2v) is 5.36. The molecule has 2 aliphatic heterocycles. The van der Waals surface area contributed by atoms with Gasteiger partial charge in [0.05, 0.1) is 0 Å². The molecule has 2 bridgehead atoms. The molecule has 3 heteroatoms. The maximum atomic E-state index is 9.12. The molecule has 0 spiro atoms. The van der Waals surface area contributed by atoms with Crippen molar-refractivity contribution in [1.82, 2.24) is 10.2 Å². The van der Waals surface area contributed by atoms with Crippen LogP contribution < -0.4 is 5.32 Å². The van der Waals surface area contributed by atoms with Gasteiger partial charge in [-0.25, -0.2) is 0 Å². The predicted octanol–water partition coefficient (Wildman–Crippen LogP) is 0.687. The van der Waals surface area contributed by atoms with Crippen LogP contribution in [0.15, 0.2) is 0 Å². The van der Waals surface area contributed by atoms with Crippen molar-refractivity contribution < 1.29 is 5.11 Å². The Labute approximate surface area is 92.8 Å². The number of fused-ring (bicyclic) bond motifs is 2. The summed E-state index contributed by atoms with van der Waals surface area (Å²) < 4.78 is 0. The zero-order chi connectivity index (χ0) is 10.8. The van der Waals surface area contributed by atoms with Crippen LogP contribution in [-0.2, 0) is 0 Å². The normalized spacial score (nSPS) is 39.0. The van der Waals surface area contributed by atoms with Crippen molar-refractivity contribution in [2.24, 2.45) is 11.8 Å². The number of nitrogens with one attached hydrogen (secondary N) is 1. The molecule has 0 aliphatic carbocycles. The van der Waals surface area contributed by atoms with Gasteiger partial charge in [-0.05, 0) is 44.7 Å².